The number of allylic oxidation sites excluding steroid dienone is 8. The van der Waals surface area contributed by atoms with E-state index < -0.39 is 39.9 Å². The first-order valence-electron chi connectivity index (χ1n) is 14.8. The van der Waals surface area contributed by atoms with Crippen LogP contribution in [0.4, 0.5) is 17.6 Å². The number of aromatic nitrogens is 2. The van der Waals surface area contributed by atoms with Crippen molar-refractivity contribution in [3.8, 4) is 11.4 Å². The number of hydrogen-bond donors (Lipinski definition) is 0. The van der Waals surface area contributed by atoms with Crippen molar-refractivity contribution in [1.82, 2.24) is 9.13 Å². The molecule has 0 saturated heterocycles. The van der Waals surface area contributed by atoms with Crippen LogP contribution in [0.2, 0.25) is 0 Å². The summed E-state index contributed by atoms with van der Waals surface area (Å²) in [6.45, 7) is 0. The second-order valence-electron chi connectivity index (χ2n) is 11.5. The summed E-state index contributed by atoms with van der Waals surface area (Å²) < 4.78 is 71.8. The third-order valence-electron chi connectivity index (χ3n) is 9.06. The van der Waals surface area contributed by atoms with Gasteiger partial charge in [-0.25, -0.2) is 0 Å². The summed E-state index contributed by atoms with van der Waals surface area (Å²) in [5, 5.41) is 3.57. The van der Waals surface area contributed by atoms with Crippen molar-refractivity contribution in [2.24, 2.45) is 0 Å². The van der Waals surface area contributed by atoms with Crippen LogP contribution in [0.25, 0.3) is 32.9 Å². The van der Waals surface area contributed by atoms with Gasteiger partial charge in [-0.3, -0.25) is 0 Å². The molecule has 0 saturated carbocycles. The van der Waals surface area contributed by atoms with Crippen molar-refractivity contribution in [3.05, 3.63) is 165 Å². The first kappa shape index (κ1) is 27.9. The molecule has 0 atom stereocenters. The summed E-state index contributed by atoms with van der Waals surface area (Å²) in [6, 6.07) is 20.5. The third-order valence-corrected chi connectivity index (χ3v) is 17.0. The average molecular weight is 634 g/mol. The van der Waals surface area contributed by atoms with Crippen molar-refractivity contribution in [2.45, 2.75) is 12.8 Å². The van der Waals surface area contributed by atoms with Crippen LogP contribution in [0.15, 0.2) is 142 Å². The fourth-order valence-electron chi connectivity index (χ4n) is 7.04. The molecule has 2 heterocycles. The van der Waals surface area contributed by atoms with E-state index >= 15 is 17.6 Å². The van der Waals surface area contributed by atoms with E-state index in [0.717, 1.165) is 21.5 Å². The van der Waals surface area contributed by atoms with Crippen LogP contribution in [-0.2, 0) is 16.6 Å². The molecule has 4 aromatic carbocycles. The monoisotopic (exact) mass is 634 g/mol. The second-order valence-corrected chi connectivity index (χ2v) is 17.4. The molecule has 220 valence electrons. The standard InChI is InChI=1S/2C14H8F2N.2C5H5.Ti/c2*15-12-5-6-14(13(16)7-12)17-8-10-3-1-2-4-11(10)9-17;2*1-2-4-5-3-1;/h2*1-6,8-9H;2*1-3H,4H2;. The molecule has 2 aliphatic carbocycles. The summed E-state index contributed by atoms with van der Waals surface area (Å²) in [4.78, 5) is 0. The molecule has 0 radical (unpaired) electrons. The molecule has 0 unspecified atom stereocenters. The van der Waals surface area contributed by atoms with E-state index in [1.54, 1.807) is 33.9 Å². The Morgan fingerprint density at radius 3 is 1.20 bits per heavy atom. The maximum atomic E-state index is 17.3. The Balaban J connectivity index is 1.45. The summed E-state index contributed by atoms with van der Waals surface area (Å²) in [6.07, 6.45) is 18.9. The van der Waals surface area contributed by atoms with E-state index in [2.05, 4.69) is 0 Å². The van der Waals surface area contributed by atoms with Gasteiger partial charge in [0.15, 0.2) is 0 Å². The zero-order valence-corrected chi connectivity index (χ0v) is 25.6. The van der Waals surface area contributed by atoms with Crippen LogP contribution in [-0.4, -0.2) is 9.13 Å². The van der Waals surface area contributed by atoms with Crippen LogP contribution in [0.1, 0.15) is 12.8 Å². The summed E-state index contributed by atoms with van der Waals surface area (Å²) >= 11 is -4.99. The zero-order valence-electron chi connectivity index (χ0n) is 24.0. The van der Waals surface area contributed by atoms with Gasteiger partial charge in [-0.05, 0) is 0 Å². The van der Waals surface area contributed by atoms with E-state index in [9.17, 15) is 0 Å². The van der Waals surface area contributed by atoms with Gasteiger partial charge in [-0.2, -0.15) is 0 Å². The Hall–Kier alpha value is -4.65. The van der Waals surface area contributed by atoms with Gasteiger partial charge in [0.2, 0.25) is 0 Å². The van der Waals surface area contributed by atoms with E-state index in [1.807, 2.05) is 85.0 Å². The molecule has 2 nitrogen and oxygen atoms in total. The molecule has 45 heavy (non-hydrogen) atoms. The van der Waals surface area contributed by atoms with Gasteiger partial charge < -0.3 is 0 Å². The first-order valence-corrected chi connectivity index (χ1v) is 17.9. The molecule has 6 aromatic rings. The van der Waals surface area contributed by atoms with Crippen LogP contribution in [0.3, 0.4) is 0 Å². The predicted octanol–water partition coefficient (Wildman–Crippen LogP) is 8.92. The molecule has 0 N–H and O–H groups in total. The van der Waals surface area contributed by atoms with Crippen molar-refractivity contribution in [3.63, 3.8) is 0 Å². The molecule has 2 aromatic heterocycles. The first-order chi connectivity index (χ1) is 22.0. The molecule has 0 bridgehead atoms. The number of benzene rings is 4. The van der Waals surface area contributed by atoms with Gasteiger partial charge in [0.05, 0.1) is 0 Å². The summed E-state index contributed by atoms with van der Waals surface area (Å²) in [5.74, 6) is -3.20. The van der Waals surface area contributed by atoms with E-state index in [-0.39, 0.29) is 19.1 Å². The number of fused-ring (bicyclic) bond motifs is 2. The van der Waals surface area contributed by atoms with Crippen LogP contribution >= 0.6 is 0 Å². The van der Waals surface area contributed by atoms with Crippen LogP contribution < -0.4 is 7.74 Å². The van der Waals surface area contributed by atoms with Crippen molar-refractivity contribution in [1.29, 1.82) is 0 Å². The van der Waals surface area contributed by atoms with Crippen molar-refractivity contribution in [2.75, 3.05) is 0 Å². The molecule has 0 spiro atoms. The van der Waals surface area contributed by atoms with Gasteiger partial charge in [-0.1, -0.05) is 0 Å². The summed E-state index contributed by atoms with van der Waals surface area (Å²) in [7, 11) is 0. The fraction of sp³-hybridized carbons (Fsp3) is 0.0526. The Bertz CT molecular complexity index is 2060. The minimum absolute atomic E-state index is 0.129. The van der Waals surface area contributed by atoms with E-state index in [1.165, 1.54) is 24.3 Å². The van der Waals surface area contributed by atoms with Gasteiger partial charge >= 0.3 is 262 Å². The molecular weight excluding hydrogens is 608 g/mol. The summed E-state index contributed by atoms with van der Waals surface area (Å²) in [5.41, 5.74) is 0.258. The quantitative estimate of drug-likeness (QED) is 0.128. The zero-order chi connectivity index (χ0) is 30.7. The van der Waals surface area contributed by atoms with Gasteiger partial charge in [0.1, 0.15) is 0 Å². The Morgan fingerprint density at radius 1 is 0.489 bits per heavy atom. The Kier molecular flexibility index (Phi) is 6.66. The molecule has 0 amide bonds. The molecule has 2 aliphatic rings. The molecule has 8 rings (SSSR count). The third kappa shape index (κ3) is 4.27. The average Bonchev–Trinajstić information content (AvgIpc) is 3.87. The number of rotatable bonds is 6. The van der Waals surface area contributed by atoms with Crippen LogP contribution in [0.5, 0.6) is 0 Å². The molecule has 7 heteroatoms. The Morgan fingerprint density at radius 2 is 0.867 bits per heavy atom. The van der Waals surface area contributed by atoms with Crippen LogP contribution in [0, 0.1) is 23.3 Å². The topological polar surface area (TPSA) is 9.86 Å². The minimum atomic E-state index is -4.99. The molecule has 0 fully saturated rings. The molecular formula is C38H26F4N2Ti. The maximum absolute atomic E-state index is 17.3. The van der Waals surface area contributed by atoms with E-state index in [4.69, 9.17) is 0 Å². The van der Waals surface area contributed by atoms with Crippen molar-refractivity contribution < 1.29 is 34.2 Å². The van der Waals surface area contributed by atoms with Gasteiger partial charge in [0.25, 0.3) is 0 Å². The van der Waals surface area contributed by atoms with Gasteiger partial charge in [-0.15, -0.1) is 0 Å². The number of halogens is 4. The predicted molar refractivity (Wildman–Crippen MR) is 169 cm³/mol. The van der Waals surface area contributed by atoms with Gasteiger partial charge in [0, 0.05) is 0 Å². The Labute approximate surface area is 260 Å². The molecule has 0 aliphatic heterocycles. The SMILES string of the molecule is Fc1ccc(-n2cc3ccccc3c2)c(F)[c]1[Ti]([C]1=CC=CC1)([C]1=CC=CC1)[c]1c(F)ccc(-n2cc3ccccc3c2)c1F. The number of hydrogen-bond acceptors (Lipinski definition) is 0. The van der Waals surface area contributed by atoms with E-state index in [0.29, 0.717) is 20.6 Å². The fourth-order valence-corrected chi connectivity index (χ4v) is 15.3. The second kappa shape index (κ2) is 10.8. The number of nitrogens with zero attached hydrogens (tertiary/aromatic N) is 2. The van der Waals surface area contributed by atoms with Crippen molar-refractivity contribution >= 4 is 29.3 Å². The normalized spacial score (nSPS) is 14.6.